The Morgan fingerprint density at radius 3 is 2.68 bits per heavy atom. The van der Waals surface area contributed by atoms with E-state index in [9.17, 15) is 9.90 Å². The van der Waals surface area contributed by atoms with E-state index in [1.165, 1.54) is 6.08 Å². The van der Waals surface area contributed by atoms with E-state index < -0.39 is 5.97 Å². The first-order chi connectivity index (χ1) is 14.8. The lowest BCUT2D eigenvalue weighted by molar-refractivity contribution is -0.131. The summed E-state index contributed by atoms with van der Waals surface area (Å²) in [6.45, 7) is 3.81. The minimum Gasteiger partial charge on any atom is -0.496 e. The third kappa shape index (κ3) is 6.03. The first-order valence-corrected chi connectivity index (χ1v) is 11.1. The fourth-order valence-corrected chi connectivity index (χ4v) is 3.89. The standard InChI is InChI=1S/C21H19BrClN3O4S/c1-11(2)30-16-6-4-13(22)8-12(16)9-18(20(27)28)31-21-24-19(25-26-21)15-10-14(23)5-7-17(15)29-3/h4-11H,1-3H3,(H,27,28)(H,24,25,26)/b18-9+. The van der Waals surface area contributed by atoms with Crippen LogP contribution in [0.1, 0.15) is 19.4 Å². The number of nitrogens with zero attached hydrogens (tertiary/aromatic N) is 2. The molecule has 0 radical (unpaired) electrons. The lowest BCUT2D eigenvalue weighted by Crippen LogP contribution is -2.07. The van der Waals surface area contributed by atoms with Crippen LogP contribution in [0.3, 0.4) is 0 Å². The van der Waals surface area contributed by atoms with Crippen molar-refractivity contribution in [3.63, 3.8) is 0 Å². The number of ether oxygens (including phenoxy) is 2. The van der Waals surface area contributed by atoms with Crippen molar-refractivity contribution in [1.29, 1.82) is 0 Å². The van der Waals surface area contributed by atoms with Gasteiger partial charge in [0.25, 0.3) is 0 Å². The SMILES string of the molecule is COc1ccc(Cl)cc1-c1nc(S/C(=C/c2cc(Br)ccc2OC(C)C)C(=O)O)n[nH]1. The van der Waals surface area contributed by atoms with E-state index in [4.69, 9.17) is 21.1 Å². The number of thioether (sulfide) groups is 1. The van der Waals surface area contributed by atoms with Crippen molar-refractivity contribution in [2.24, 2.45) is 0 Å². The van der Waals surface area contributed by atoms with Crippen LogP contribution in [0.2, 0.25) is 5.02 Å². The fraction of sp³-hybridized carbons (Fsp3) is 0.190. The molecule has 2 aromatic carbocycles. The zero-order chi connectivity index (χ0) is 22.5. The number of aromatic nitrogens is 3. The highest BCUT2D eigenvalue weighted by atomic mass is 79.9. The van der Waals surface area contributed by atoms with Gasteiger partial charge in [-0.2, -0.15) is 0 Å². The lowest BCUT2D eigenvalue weighted by atomic mass is 10.2. The van der Waals surface area contributed by atoms with Crippen LogP contribution in [0.4, 0.5) is 0 Å². The molecule has 1 aromatic heterocycles. The number of aromatic amines is 1. The quantitative estimate of drug-likeness (QED) is 0.280. The van der Waals surface area contributed by atoms with Gasteiger partial charge in [0.1, 0.15) is 16.4 Å². The number of benzene rings is 2. The van der Waals surface area contributed by atoms with Crippen molar-refractivity contribution in [2.75, 3.05) is 7.11 Å². The molecule has 0 atom stereocenters. The molecule has 0 unspecified atom stereocenters. The third-order valence-electron chi connectivity index (χ3n) is 3.91. The Morgan fingerprint density at radius 2 is 2.00 bits per heavy atom. The zero-order valence-corrected chi connectivity index (χ0v) is 20.0. The van der Waals surface area contributed by atoms with Gasteiger partial charge in [-0.05, 0) is 68.1 Å². The summed E-state index contributed by atoms with van der Waals surface area (Å²) in [5, 5.41) is 17.4. The molecule has 0 aliphatic carbocycles. The van der Waals surface area contributed by atoms with Crippen LogP contribution in [0.15, 0.2) is 50.9 Å². The van der Waals surface area contributed by atoms with Gasteiger partial charge in [0, 0.05) is 15.1 Å². The van der Waals surface area contributed by atoms with Crippen LogP contribution in [-0.4, -0.2) is 39.5 Å². The second kappa shape index (κ2) is 10.2. The Morgan fingerprint density at radius 1 is 1.26 bits per heavy atom. The lowest BCUT2D eigenvalue weighted by Gasteiger charge is -2.13. The highest BCUT2D eigenvalue weighted by Gasteiger charge is 2.17. The van der Waals surface area contributed by atoms with Gasteiger partial charge >= 0.3 is 5.97 Å². The molecule has 0 saturated heterocycles. The van der Waals surface area contributed by atoms with Gasteiger partial charge in [-0.25, -0.2) is 9.78 Å². The molecule has 7 nitrogen and oxygen atoms in total. The molecule has 0 aliphatic rings. The van der Waals surface area contributed by atoms with Crippen LogP contribution in [0.5, 0.6) is 11.5 Å². The Hall–Kier alpha value is -2.49. The number of H-pyrrole nitrogens is 1. The van der Waals surface area contributed by atoms with Crippen molar-refractivity contribution in [3.05, 3.63) is 56.4 Å². The molecule has 0 amide bonds. The van der Waals surface area contributed by atoms with E-state index in [0.717, 1.165) is 16.2 Å². The Balaban J connectivity index is 1.94. The molecular formula is C21H19BrClN3O4S. The number of methoxy groups -OCH3 is 1. The molecule has 0 spiro atoms. The van der Waals surface area contributed by atoms with Gasteiger partial charge in [-0.1, -0.05) is 27.5 Å². The van der Waals surface area contributed by atoms with E-state index in [-0.39, 0.29) is 16.2 Å². The third-order valence-corrected chi connectivity index (χ3v) is 5.52. The van der Waals surface area contributed by atoms with Crippen molar-refractivity contribution in [1.82, 2.24) is 15.2 Å². The summed E-state index contributed by atoms with van der Waals surface area (Å²) in [7, 11) is 1.54. The summed E-state index contributed by atoms with van der Waals surface area (Å²) in [5.41, 5.74) is 1.25. The van der Waals surface area contributed by atoms with E-state index in [1.807, 2.05) is 19.9 Å². The van der Waals surface area contributed by atoms with Crippen molar-refractivity contribution in [3.8, 4) is 22.9 Å². The predicted octanol–water partition coefficient (Wildman–Crippen LogP) is 5.90. The minimum atomic E-state index is -1.10. The fourth-order valence-electron chi connectivity index (χ4n) is 2.65. The molecule has 1 heterocycles. The first kappa shape index (κ1) is 23.2. The number of carbonyl (C=O) groups is 1. The second-order valence-electron chi connectivity index (χ2n) is 6.58. The summed E-state index contributed by atoms with van der Waals surface area (Å²) in [6.07, 6.45) is 1.48. The topological polar surface area (TPSA) is 97.3 Å². The summed E-state index contributed by atoms with van der Waals surface area (Å²) >= 11 is 10.4. The second-order valence-corrected chi connectivity index (χ2v) is 8.94. The predicted molar refractivity (Wildman–Crippen MR) is 125 cm³/mol. The Labute approximate surface area is 197 Å². The van der Waals surface area contributed by atoms with Crippen molar-refractivity contribution >= 4 is 51.3 Å². The molecule has 10 heteroatoms. The molecular weight excluding hydrogens is 506 g/mol. The summed E-state index contributed by atoms with van der Waals surface area (Å²) in [5.74, 6) is 0.456. The average molecular weight is 525 g/mol. The van der Waals surface area contributed by atoms with Crippen LogP contribution in [0.25, 0.3) is 17.5 Å². The molecule has 162 valence electrons. The van der Waals surface area contributed by atoms with E-state index in [0.29, 0.717) is 33.5 Å². The van der Waals surface area contributed by atoms with Crippen molar-refractivity contribution in [2.45, 2.75) is 25.1 Å². The average Bonchev–Trinajstić information content (AvgIpc) is 3.17. The molecule has 31 heavy (non-hydrogen) atoms. The maximum Gasteiger partial charge on any atom is 0.342 e. The van der Waals surface area contributed by atoms with Gasteiger partial charge in [0.15, 0.2) is 5.82 Å². The van der Waals surface area contributed by atoms with Crippen LogP contribution in [-0.2, 0) is 4.79 Å². The number of hydrogen-bond acceptors (Lipinski definition) is 6. The number of rotatable bonds is 8. The number of carboxylic acid groups (broad SMARTS) is 1. The highest BCUT2D eigenvalue weighted by Crippen LogP contribution is 2.34. The molecule has 0 aliphatic heterocycles. The number of nitrogens with one attached hydrogen (secondary N) is 1. The summed E-state index contributed by atoms with van der Waals surface area (Å²) < 4.78 is 11.9. The van der Waals surface area contributed by atoms with Gasteiger partial charge in [-0.15, -0.1) is 5.10 Å². The zero-order valence-electron chi connectivity index (χ0n) is 16.8. The minimum absolute atomic E-state index is 0.0373. The number of aliphatic carboxylic acids is 1. The molecule has 0 saturated carbocycles. The van der Waals surface area contributed by atoms with Crippen molar-refractivity contribution < 1.29 is 19.4 Å². The van der Waals surface area contributed by atoms with Crippen LogP contribution < -0.4 is 9.47 Å². The molecule has 0 fully saturated rings. The summed E-state index contributed by atoms with van der Waals surface area (Å²) in [4.78, 5) is 16.3. The van der Waals surface area contributed by atoms with Gasteiger partial charge in [-0.3, -0.25) is 5.10 Å². The molecule has 0 bridgehead atoms. The highest BCUT2D eigenvalue weighted by molar-refractivity contribution is 9.10. The van der Waals surface area contributed by atoms with Gasteiger partial charge < -0.3 is 14.6 Å². The first-order valence-electron chi connectivity index (χ1n) is 9.12. The number of halogens is 2. The van der Waals surface area contributed by atoms with E-state index in [2.05, 4.69) is 31.1 Å². The Bertz CT molecular complexity index is 1130. The van der Waals surface area contributed by atoms with Gasteiger partial charge in [0.05, 0.1) is 18.8 Å². The maximum absolute atomic E-state index is 11.9. The van der Waals surface area contributed by atoms with Crippen LogP contribution in [0, 0.1) is 0 Å². The monoisotopic (exact) mass is 523 g/mol. The van der Waals surface area contributed by atoms with E-state index >= 15 is 0 Å². The van der Waals surface area contributed by atoms with Crippen LogP contribution >= 0.6 is 39.3 Å². The largest absolute Gasteiger partial charge is 0.496 e. The number of hydrogen-bond donors (Lipinski definition) is 2. The summed E-state index contributed by atoms with van der Waals surface area (Å²) in [6, 6.07) is 10.5. The van der Waals surface area contributed by atoms with E-state index in [1.54, 1.807) is 37.4 Å². The normalized spacial score (nSPS) is 11.6. The van der Waals surface area contributed by atoms with Gasteiger partial charge in [0.2, 0.25) is 5.16 Å². The molecule has 2 N–H and O–H groups in total. The Kier molecular flexibility index (Phi) is 7.64. The molecule has 3 aromatic rings. The molecule has 3 rings (SSSR count). The maximum atomic E-state index is 11.9. The smallest absolute Gasteiger partial charge is 0.342 e. The number of carboxylic acids is 1.